The zero-order chi connectivity index (χ0) is 19.9. The van der Waals surface area contributed by atoms with Crippen molar-refractivity contribution in [3.63, 3.8) is 0 Å². The van der Waals surface area contributed by atoms with Crippen LogP contribution in [0.25, 0.3) is 0 Å². The van der Waals surface area contributed by atoms with Crippen LogP contribution in [0.2, 0.25) is 0 Å². The highest BCUT2D eigenvalue weighted by atomic mass is 19.3. The molecule has 4 heteroatoms. The molecule has 2 fully saturated rings. The normalized spacial score (nSPS) is 21.9. The Bertz CT molecular complexity index is 667. The Kier molecular flexibility index (Phi) is 7.78. The summed E-state index contributed by atoms with van der Waals surface area (Å²) in [4.78, 5) is 13.7. The van der Waals surface area contributed by atoms with Crippen molar-refractivity contribution >= 4 is 5.78 Å². The van der Waals surface area contributed by atoms with Gasteiger partial charge in [0.05, 0.1) is 0 Å². The number of rotatable bonds is 7. The standard InChI is InChI=1S/C24H33F2NO/c1-18(28)5-6-19-7-9-20(10-8-19)11-14-27-15-12-21(13-16-27)22-3-2-4-23(17-22)24(25)26/h2-4,6,17,20-21,24H,5,7-16H2,1H3. The lowest BCUT2D eigenvalue weighted by Crippen LogP contribution is -2.34. The Morgan fingerprint density at radius 1 is 1.18 bits per heavy atom. The number of alkyl halides is 2. The molecule has 1 aromatic carbocycles. The first kappa shape index (κ1) is 21.2. The van der Waals surface area contributed by atoms with Crippen LogP contribution in [0.3, 0.4) is 0 Å². The summed E-state index contributed by atoms with van der Waals surface area (Å²) in [5, 5.41) is 0. The summed E-state index contributed by atoms with van der Waals surface area (Å²) in [6, 6.07) is 7.00. The molecule has 2 nitrogen and oxygen atoms in total. The van der Waals surface area contributed by atoms with Crippen LogP contribution in [0, 0.1) is 5.92 Å². The first-order chi connectivity index (χ1) is 13.5. The quantitative estimate of drug-likeness (QED) is 0.511. The maximum absolute atomic E-state index is 12.9. The number of hydrogen-bond donors (Lipinski definition) is 0. The maximum Gasteiger partial charge on any atom is 0.263 e. The highest BCUT2D eigenvalue weighted by molar-refractivity contribution is 5.77. The number of Topliss-reactive ketones (excluding diaryl/α,β-unsaturated/α-hetero) is 1. The lowest BCUT2D eigenvalue weighted by Gasteiger charge is -2.34. The number of ketones is 1. The van der Waals surface area contributed by atoms with E-state index < -0.39 is 6.43 Å². The lowest BCUT2D eigenvalue weighted by atomic mass is 9.83. The van der Waals surface area contributed by atoms with Crippen molar-refractivity contribution in [2.45, 2.75) is 70.6 Å². The van der Waals surface area contributed by atoms with E-state index >= 15 is 0 Å². The fourth-order valence-corrected chi connectivity index (χ4v) is 4.63. The van der Waals surface area contributed by atoms with Crippen LogP contribution in [-0.4, -0.2) is 30.3 Å². The second-order valence-corrected chi connectivity index (χ2v) is 8.59. The van der Waals surface area contributed by atoms with Crippen molar-refractivity contribution in [3.8, 4) is 0 Å². The Balaban J connectivity index is 1.38. The monoisotopic (exact) mass is 389 g/mol. The Morgan fingerprint density at radius 3 is 2.54 bits per heavy atom. The molecule has 1 aliphatic carbocycles. The van der Waals surface area contributed by atoms with Crippen molar-refractivity contribution in [2.75, 3.05) is 19.6 Å². The molecule has 0 spiro atoms. The van der Waals surface area contributed by atoms with E-state index in [2.05, 4.69) is 11.0 Å². The first-order valence-corrected chi connectivity index (χ1v) is 10.8. The smallest absolute Gasteiger partial charge is 0.263 e. The van der Waals surface area contributed by atoms with Gasteiger partial charge in [-0.1, -0.05) is 29.8 Å². The van der Waals surface area contributed by atoms with Gasteiger partial charge in [0.2, 0.25) is 0 Å². The minimum Gasteiger partial charge on any atom is -0.303 e. The average molecular weight is 390 g/mol. The van der Waals surface area contributed by atoms with Gasteiger partial charge in [-0.2, -0.15) is 0 Å². The number of likely N-dealkylation sites (tertiary alicyclic amines) is 1. The minimum atomic E-state index is -2.38. The summed E-state index contributed by atoms with van der Waals surface area (Å²) in [5.74, 6) is 1.47. The molecule has 2 aliphatic rings. The Hall–Kier alpha value is -1.55. The maximum atomic E-state index is 12.9. The zero-order valence-electron chi connectivity index (χ0n) is 17.0. The molecule has 0 N–H and O–H groups in total. The summed E-state index contributed by atoms with van der Waals surface area (Å²) >= 11 is 0. The lowest BCUT2D eigenvalue weighted by molar-refractivity contribution is -0.116. The fraction of sp³-hybridized carbons (Fsp3) is 0.625. The SMILES string of the molecule is CC(=O)CC=C1CCC(CCN2CCC(c3cccc(C(F)F)c3)CC2)CC1. The van der Waals surface area contributed by atoms with Crippen LogP contribution < -0.4 is 0 Å². The van der Waals surface area contributed by atoms with Crippen molar-refractivity contribution in [1.29, 1.82) is 0 Å². The van der Waals surface area contributed by atoms with Gasteiger partial charge in [0, 0.05) is 12.0 Å². The van der Waals surface area contributed by atoms with E-state index in [1.54, 1.807) is 19.1 Å². The summed E-state index contributed by atoms with van der Waals surface area (Å²) in [6.45, 7) is 4.95. The van der Waals surface area contributed by atoms with Gasteiger partial charge in [-0.3, -0.25) is 4.79 Å². The molecule has 1 aromatic rings. The predicted octanol–water partition coefficient (Wildman–Crippen LogP) is 6.29. The highest BCUT2D eigenvalue weighted by Gasteiger charge is 2.23. The van der Waals surface area contributed by atoms with Crippen LogP contribution >= 0.6 is 0 Å². The number of nitrogens with zero attached hydrogens (tertiary/aromatic N) is 1. The number of benzene rings is 1. The minimum absolute atomic E-state index is 0.147. The van der Waals surface area contributed by atoms with Crippen LogP contribution in [0.4, 0.5) is 8.78 Å². The molecule has 0 aromatic heterocycles. The Morgan fingerprint density at radius 2 is 1.89 bits per heavy atom. The number of hydrogen-bond acceptors (Lipinski definition) is 2. The third kappa shape index (κ3) is 6.23. The van der Waals surface area contributed by atoms with Gasteiger partial charge >= 0.3 is 0 Å². The number of halogens is 2. The van der Waals surface area contributed by atoms with Crippen LogP contribution in [-0.2, 0) is 4.79 Å². The summed E-state index contributed by atoms with van der Waals surface area (Å²) < 4.78 is 25.9. The van der Waals surface area contributed by atoms with Gasteiger partial charge in [0.15, 0.2) is 0 Å². The molecular formula is C24H33F2NO. The van der Waals surface area contributed by atoms with E-state index in [4.69, 9.17) is 0 Å². The van der Waals surface area contributed by atoms with Crippen LogP contribution in [0.15, 0.2) is 35.9 Å². The van der Waals surface area contributed by atoms with E-state index in [0.717, 1.165) is 56.8 Å². The molecule has 0 unspecified atom stereocenters. The molecule has 0 radical (unpaired) electrons. The second kappa shape index (κ2) is 10.3. The number of carbonyl (C=O) groups excluding carboxylic acids is 1. The van der Waals surface area contributed by atoms with Crippen molar-refractivity contribution < 1.29 is 13.6 Å². The highest BCUT2D eigenvalue weighted by Crippen LogP contribution is 2.33. The van der Waals surface area contributed by atoms with Gasteiger partial charge in [0.25, 0.3) is 6.43 Å². The van der Waals surface area contributed by atoms with Crippen LogP contribution in [0.5, 0.6) is 0 Å². The third-order valence-corrected chi connectivity index (χ3v) is 6.50. The molecule has 0 bridgehead atoms. The Labute approximate surface area is 168 Å². The number of piperidine rings is 1. The first-order valence-electron chi connectivity index (χ1n) is 10.8. The van der Waals surface area contributed by atoms with Gasteiger partial charge in [0.1, 0.15) is 5.78 Å². The van der Waals surface area contributed by atoms with E-state index in [-0.39, 0.29) is 11.3 Å². The van der Waals surface area contributed by atoms with Crippen molar-refractivity contribution in [2.24, 2.45) is 5.92 Å². The fourth-order valence-electron chi connectivity index (χ4n) is 4.63. The van der Waals surface area contributed by atoms with E-state index in [0.29, 0.717) is 12.3 Å². The number of carbonyl (C=O) groups is 1. The molecule has 1 saturated heterocycles. The molecule has 1 heterocycles. The molecule has 28 heavy (non-hydrogen) atoms. The molecular weight excluding hydrogens is 356 g/mol. The topological polar surface area (TPSA) is 20.3 Å². The van der Waals surface area contributed by atoms with E-state index in [1.165, 1.54) is 30.9 Å². The van der Waals surface area contributed by atoms with E-state index in [9.17, 15) is 13.6 Å². The molecule has 1 aliphatic heterocycles. The van der Waals surface area contributed by atoms with Gasteiger partial charge in [-0.25, -0.2) is 8.78 Å². The third-order valence-electron chi connectivity index (χ3n) is 6.50. The van der Waals surface area contributed by atoms with Crippen molar-refractivity contribution in [1.82, 2.24) is 4.90 Å². The van der Waals surface area contributed by atoms with E-state index in [1.807, 2.05) is 6.07 Å². The summed E-state index contributed by atoms with van der Waals surface area (Å²) in [5.41, 5.74) is 2.70. The molecule has 0 atom stereocenters. The molecule has 154 valence electrons. The number of allylic oxidation sites excluding steroid dienone is 2. The van der Waals surface area contributed by atoms with Crippen LogP contribution in [0.1, 0.15) is 81.8 Å². The average Bonchev–Trinajstić information content (AvgIpc) is 2.72. The van der Waals surface area contributed by atoms with Gasteiger partial charge in [-0.15, -0.1) is 0 Å². The summed E-state index contributed by atoms with van der Waals surface area (Å²) in [6.07, 6.45) is 8.55. The van der Waals surface area contributed by atoms with Crippen molar-refractivity contribution in [3.05, 3.63) is 47.0 Å². The molecule has 1 saturated carbocycles. The predicted molar refractivity (Wildman–Crippen MR) is 110 cm³/mol. The molecule has 3 rings (SSSR count). The summed E-state index contributed by atoms with van der Waals surface area (Å²) in [7, 11) is 0. The van der Waals surface area contributed by atoms with Gasteiger partial charge < -0.3 is 4.90 Å². The van der Waals surface area contributed by atoms with Gasteiger partial charge in [-0.05, 0) is 95.0 Å². The second-order valence-electron chi connectivity index (χ2n) is 8.59. The molecule has 0 amide bonds. The zero-order valence-corrected chi connectivity index (χ0v) is 17.0. The largest absolute Gasteiger partial charge is 0.303 e.